The fourth-order valence-corrected chi connectivity index (χ4v) is 1.42. The van der Waals surface area contributed by atoms with Crippen LogP contribution in [0, 0.1) is 0 Å². The van der Waals surface area contributed by atoms with Crippen LogP contribution in [0.5, 0.6) is 5.88 Å². The third-order valence-electron chi connectivity index (χ3n) is 2.07. The van der Waals surface area contributed by atoms with Gasteiger partial charge in [0.05, 0.1) is 18.3 Å². The molecule has 0 bridgehead atoms. The molecule has 1 atom stereocenters. The van der Waals surface area contributed by atoms with E-state index in [-0.39, 0.29) is 29.7 Å². The lowest BCUT2D eigenvalue weighted by Crippen LogP contribution is -2.35. The first-order chi connectivity index (χ1) is 8.43. The van der Waals surface area contributed by atoms with Gasteiger partial charge >= 0.3 is 0 Å². The molecular formula is C12H17ClN2O3. The van der Waals surface area contributed by atoms with Crippen LogP contribution in [0.4, 0.5) is 0 Å². The van der Waals surface area contributed by atoms with E-state index in [4.69, 9.17) is 21.4 Å². The number of aromatic nitrogens is 1. The number of aliphatic hydroxyl groups is 1. The SMILES string of the molecule is CC(CO)NC(=O)c1cnc(OC(C)C)c(Cl)c1. The summed E-state index contributed by atoms with van der Waals surface area (Å²) in [4.78, 5) is 15.7. The van der Waals surface area contributed by atoms with Gasteiger partial charge in [-0.3, -0.25) is 4.79 Å². The predicted molar refractivity (Wildman–Crippen MR) is 69.0 cm³/mol. The molecule has 100 valence electrons. The standard InChI is InChI=1S/C12H17ClN2O3/c1-7(2)18-12-10(13)4-9(5-14-12)11(17)15-8(3)6-16/h4-5,7-8,16H,6H2,1-3H3,(H,15,17). The van der Waals surface area contributed by atoms with Gasteiger partial charge in [-0.2, -0.15) is 0 Å². The summed E-state index contributed by atoms with van der Waals surface area (Å²) in [5, 5.41) is 11.7. The van der Waals surface area contributed by atoms with Gasteiger partial charge in [0.2, 0.25) is 5.88 Å². The zero-order valence-electron chi connectivity index (χ0n) is 10.6. The number of nitrogens with zero attached hydrogens (tertiary/aromatic N) is 1. The molecule has 1 aromatic rings. The molecule has 0 aliphatic heterocycles. The van der Waals surface area contributed by atoms with E-state index >= 15 is 0 Å². The molecule has 1 amide bonds. The summed E-state index contributed by atoms with van der Waals surface area (Å²) in [7, 11) is 0. The van der Waals surface area contributed by atoms with Gasteiger partial charge in [0.1, 0.15) is 5.02 Å². The summed E-state index contributed by atoms with van der Waals surface area (Å²) in [6, 6.07) is 1.17. The summed E-state index contributed by atoms with van der Waals surface area (Å²) >= 11 is 5.97. The lowest BCUT2D eigenvalue weighted by Gasteiger charge is -2.13. The quantitative estimate of drug-likeness (QED) is 0.855. The number of hydrogen-bond donors (Lipinski definition) is 2. The number of nitrogens with one attached hydrogen (secondary N) is 1. The number of carbonyl (C=O) groups is 1. The van der Waals surface area contributed by atoms with Crippen LogP contribution in [0.15, 0.2) is 12.3 Å². The molecule has 0 saturated carbocycles. The Morgan fingerprint density at radius 2 is 2.22 bits per heavy atom. The highest BCUT2D eigenvalue weighted by atomic mass is 35.5. The Morgan fingerprint density at radius 3 is 2.72 bits per heavy atom. The van der Waals surface area contributed by atoms with Gasteiger partial charge in [-0.1, -0.05) is 11.6 Å². The second-order valence-electron chi connectivity index (χ2n) is 4.23. The summed E-state index contributed by atoms with van der Waals surface area (Å²) < 4.78 is 5.37. The Morgan fingerprint density at radius 1 is 1.56 bits per heavy atom. The Kier molecular flexibility index (Phi) is 5.37. The van der Waals surface area contributed by atoms with Crippen molar-refractivity contribution in [1.29, 1.82) is 0 Å². The molecule has 2 N–H and O–H groups in total. The van der Waals surface area contributed by atoms with Crippen LogP contribution >= 0.6 is 11.6 Å². The first-order valence-corrected chi connectivity index (χ1v) is 6.05. The Labute approximate surface area is 111 Å². The monoisotopic (exact) mass is 272 g/mol. The van der Waals surface area contributed by atoms with E-state index < -0.39 is 0 Å². The average Bonchev–Trinajstić information content (AvgIpc) is 2.30. The zero-order chi connectivity index (χ0) is 13.7. The van der Waals surface area contributed by atoms with Crippen LogP contribution in [0.25, 0.3) is 0 Å². The predicted octanol–water partition coefficient (Wildman–Crippen LogP) is 1.63. The highest BCUT2D eigenvalue weighted by Crippen LogP contribution is 2.23. The summed E-state index contributed by atoms with van der Waals surface area (Å²) in [5.41, 5.74) is 0.330. The van der Waals surface area contributed by atoms with Gasteiger partial charge in [-0.05, 0) is 26.8 Å². The molecule has 0 aromatic carbocycles. The Bertz CT molecular complexity index is 424. The third-order valence-corrected chi connectivity index (χ3v) is 2.34. The first-order valence-electron chi connectivity index (χ1n) is 5.68. The number of amides is 1. The van der Waals surface area contributed by atoms with Gasteiger partial charge in [0, 0.05) is 12.2 Å². The molecule has 1 rings (SSSR count). The highest BCUT2D eigenvalue weighted by molar-refractivity contribution is 6.32. The molecule has 0 saturated heterocycles. The minimum Gasteiger partial charge on any atom is -0.474 e. The van der Waals surface area contributed by atoms with E-state index in [0.717, 1.165) is 0 Å². The minimum absolute atomic E-state index is 0.0379. The lowest BCUT2D eigenvalue weighted by molar-refractivity contribution is 0.0922. The molecule has 6 heteroatoms. The lowest BCUT2D eigenvalue weighted by atomic mass is 10.2. The molecule has 0 radical (unpaired) electrons. The zero-order valence-corrected chi connectivity index (χ0v) is 11.4. The fourth-order valence-electron chi connectivity index (χ4n) is 1.21. The van der Waals surface area contributed by atoms with Gasteiger partial charge < -0.3 is 15.2 Å². The highest BCUT2D eigenvalue weighted by Gasteiger charge is 2.13. The van der Waals surface area contributed by atoms with Crippen molar-refractivity contribution in [2.45, 2.75) is 32.9 Å². The molecule has 5 nitrogen and oxygen atoms in total. The van der Waals surface area contributed by atoms with E-state index in [1.807, 2.05) is 13.8 Å². The molecule has 0 fully saturated rings. The van der Waals surface area contributed by atoms with E-state index in [0.29, 0.717) is 11.4 Å². The molecule has 0 spiro atoms. The van der Waals surface area contributed by atoms with Crippen molar-refractivity contribution in [2.24, 2.45) is 0 Å². The summed E-state index contributed by atoms with van der Waals surface area (Å²) in [5.74, 6) is -0.0273. The second kappa shape index (κ2) is 6.56. The molecule has 18 heavy (non-hydrogen) atoms. The smallest absolute Gasteiger partial charge is 0.253 e. The van der Waals surface area contributed by atoms with Crippen LogP contribution in [-0.4, -0.2) is 34.8 Å². The largest absolute Gasteiger partial charge is 0.474 e. The van der Waals surface area contributed by atoms with Crippen molar-refractivity contribution < 1.29 is 14.6 Å². The van der Waals surface area contributed by atoms with E-state index in [9.17, 15) is 4.79 Å². The summed E-state index contributed by atoms with van der Waals surface area (Å²) in [6.45, 7) is 5.30. The average molecular weight is 273 g/mol. The van der Waals surface area contributed by atoms with Crippen molar-refractivity contribution >= 4 is 17.5 Å². The van der Waals surface area contributed by atoms with Gasteiger partial charge in [-0.25, -0.2) is 4.98 Å². The van der Waals surface area contributed by atoms with Gasteiger partial charge in [-0.15, -0.1) is 0 Å². The van der Waals surface area contributed by atoms with Crippen LogP contribution in [0.3, 0.4) is 0 Å². The normalized spacial score (nSPS) is 12.3. The molecule has 1 heterocycles. The first kappa shape index (κ1) is 14.7. The number of halogens is 1. The maximum atomic E-state index is 11.7. The van der Waals surface area contributed by atoms with Crippen molar-refractivity contribution in [3.63, 3.8) is 0 Å². The van der Waals surface area contributed by atoms with Crippen molar-refractivity contribution in [3.8, 4) is 5.88 Å². The Balaban J connectivity index is 2.80. The number of hydrogen-bond acceptors (Lipinski definition) is 4. The van der Waals surface area contributed by atoms with Crippen molar-refractivity contribution in [1.82, 2.24) is 10.3 Å². The van der Waals surface area contributed by atoms with E-state index in [2.05, 4.69) is 10.3 Å². The number of ether oxygens (including phenoxy) is 1. The minimum atomic E-state index is -0.331. The molecular weight excluding hydrogens is 256 g/mol. The van der Waals surface area contributed by atoms with Crippen LogP contribution in [-0.2, 0) is 0 Å². The fraction of sp³-hybridized carbons (Fsp3) is 0.500. The van der Waals surface area contributed by atoms with E-state index in [1.165, 1.54) is 12.3 Å². The van der Waals surface area contributed by atoms with Gasteiger partial charge in [0.25, 0.3) is 5.91 Å². The topological polar surface area (TPSA) is 71.5 Å². The molecule has 1 aromatic heterocycles. The number of aliphatic hydroxyl groups excluding tert-OH is 1. The maximum Gasteiger partial charge on any atom is 0.253 e. The molecule has 0 aliphatic carbocycles. The summed E-state index contributed by atoms with van der Waals surface area (Å²) in [6.07, 6.45) is 1.35. The number of carbonyl (C=O) groups excluding carboxylic acids is 1. The maximum absolute atomic E-state index is 11.7. The van der Waals surface area contributed by atoms with E-state index in [1.54, 1.807) is 6.92 Å². The van der Waals surface area contributed by atoms with Crippen molar-refractivity contribution in [3.05, 3.63) is 22.8 Å². The second-order valence-corrected chi connectivity index (χ2v) is 4.64. The third kappa shape index (κ3) is 4.16. The van der Waals surface area contributed by atoms with Gasteiger partial charge in [0.15, 0.2) is 0 Å². The van der Waals surface area contributed by atoms with Crippen LogP contribution in [0.1, 0.15) is 31.1 Å². The van der Waals surface area contributed by atoms with Crippen molar-refractivity contribution in [2.75, 3.05) is 6.61 Å². The number of pyridine rings is 1. The molecule has 1 unspecified atom stereocenters. The molecule has 0 aliphatic rings. The Hall–Kier alpha value is -1.33. The number of rotatable bonds is 5. The van der Waals surface area contributed by atoms with Crippen LogP contribution in [0.2, 0.25) is 5.02 Å². The van der Waals surface area contributed by atoms with Crippen LogP contribution < -0.4 is 10.1 Å².